The number of para-hydroxylation sites is 1. The van der Waals surface area contributed by atoms with E-state index in [1.165, 1.54) is 10.5 Å². The highest BCUT2D eigenvalue weighted by Crippen LogP contribution is 2.55. The van der Waals surface area contributed by atoms with Crippen LogP contribution in [0.5, 0.6) is 0 Å². The van der Waals surface area contributed by atoms with Crippen LogP contribution in [0.2, 0.25) is 0 Å². The molecule has 0 spiro atoms. The molecule has 0 N–H and O–H groups in total. The monoisotopic (exact) mass is 279 g/mol. The molecule has 2 heteroatoms. The van der Waals surface area contributed by atoms with Gasteiger partial charge in [-0.1, -0.05) is 73.8 Å². The summed E-state index contributed by atoms with van der Waals surface area (Å²) in [4.78, 5) is 6.03. The summed E-state index contributed by atoms with van der Waals surface area (Å²) in [6.07, 6.45) is 0.995. The first-order chi connectivity index (χ1) is 9.77. The second-order valence-electron chi connectivity index (χ2n) is 4.90. The molecule has 1 fully saturated rings. The van der Waals surface area contributed by atoms with E-state index in [-0.39, 0.29) is 5.41 Å². The number of nitrogens with zero attached hydrogens (tertiary/aromatic N) is 1. The van der Waals surface area contributed by atoms with E-state index in [4.69, 9.17) is 4.99 Å². The van der Waals surface area contributed by atoms with Crippen molar-refractivity contribution in [3.05, 3.63) is 77.7 Å². The summed E-state index contributed by atoms with van der Waals surface area (Å²) in [5.74, 6) is 0. The van der Waals surface area contributed by atoms with E-state index in [1.807, 2.05) is 30.3 Å². The molecule has 1 aliphatic heterocycles. The molecule has 100 valence electrons. The Kier molecular flexibility index (Phi) is 3.49. The lowest BCUT2D eigenvalue weighted by Crippen LogP contribution is -2.42. The lowest BCUT2D eigenvalue weighted by Gasteiger charge is -2.44. The highest BCUT2D eigenvalue weighted by Gasteiger charge is 2.48. The third kappa shape index (κ3) is 2.01. The van der Waals surface area contributed by atoms with Crippen molar-refractivity contribution >= 4 is 22.5 Å². The molecule has 0 saturated carbocycles. The third-order valence-corrected chi connectivity index (χ3v) is 5.07. The van der Waals surface area contributed by atoms with E-state index in [2.05, 4.69) is 43.8 Å². The van der Waals surface area contributed by atoms with Crippen molar-refractivity contribution in [2.24, 2.45) is 4.99 Å². The Hall–Kier alpha value is -1.80. The van der Waals surface area contributed by atoms with Gasteiger partial charge in [0, 0.05) is 4.91 Å². The van der Waals surface area contributed by atoms with Crippen molar-refractivity contribution in [1.29, 1.82) is 0 Å². The van der Waals surface area contributed by atoms with E-state index in [9.17, 15) is 0 Å². The molecule has 1 nitrogen and oxygen atoms in total. The quantitative estimate of drug-likeness (QED) is 0.740. The SMILES string of the molecule is C=C1SC(=Nc2ccccc2)C1(CC)c1ccccc1. The van der Waals surface area contributed by atoms with Crippen LogP contribution in [-0.2, 0) is 5.41 Å². The first kappa shape index (κ1) is 13.2. The Labute approximate surface area is 124 Å². The van der Waals surface area contributed by atoms with E-state index in [0.717, 1.165) is 17.2 Å². The number of thioether (sulfide) groups is 1. The predicted molar refractivity (Wildman–Crippen MR) is 88.7 cm³/mol. The number of rotatable bonds is 3. The average Bonchev–Trinajstić information content (AvgIpc) is 2.50. The van der Waals surface area contributed by atoms with E-state index < -0.39 is 0 Å². The van der Waals surface area contributed by atoms with Gasteiger partial charge in [0.15, 0.2) is 0 Å². The molecule has 0 radical (unpaired) electrons. The Morgan fingerprint density at radius 1 is 1.00 bits per heavy atom. The van der Waals surface area contributed by atoms with E-state index in [0.29, 0.717) is 0 Å². The molecule has 3 rings (SSSR count). The maximum absolute atomic E-state index is 4.83. The molecule has 1 unspecified atom stereocenters. The molecular weight excluding hydrogens is 262 g/mol. The largest absolute Gasteiger partial charge is 0.245 e. The maximum atomic E-state index is 4.83. The number of aliphatic imine (C=N–C) groups is 1. The molecule has 0 aromatic heterocycles. The standard InChI is InChI=1S/C18H17NS/c1-3-18(15-10-6-4-7-11-15)14(2)20-17(18)19-16-12-8-5-9-13-16/h4-13H,2-3H2,1H3. The number of allylic oxidation sites excluding steroid dienone is 1. The smallest absolute Gasteiger partial charge is 0.0938 e. The van der Waals surface area contributed by atoms with Crippen molar-refractivity contribution in [3.63, 3.8) is 0 Å². The van der Waals surface area contributed by atoms with Crippen LogP contribution < -0.4 is 0 Å². The van der Waals surface area contributed by atoms with Gasteiger partial charge in [-0.2, -0.15) is 0 Å². The second kappa shape index (κ2) is 5.29. The number of benzene rings is 2. The van der Waals surface area contributed by atoms with Crippen LogP contribution >= 0.6 is 11.8 Å². The van der Waals surface area contributed by atoms with Gasteiger partial charge >= 0.3 is 0 Å². The Balaban J connectivity index is 2.05. The van der Waals surface area contributed by atoms with Gasteiger partial charge < -0.3 is 0 Å². The van der Waals surface area contributed by atoms with Crippen LogP contribution in [0.4, 0.5) is 5.69 Å². The topological polar surface area (TPSA) is 12.4 Å². The molecule has 2 aromatic carbocycles. The first-order valence-corrected chi connectivity index (χ1v) is 7.66. The number of hydrogen-bond acceptors (Lipinski definition) is 2. The molecule has 0 amide bonds. The molecule has 1 atom stereocenters. The first-order valence-electron chi connectivity index (χ1n) is 6.84. The van der Waals surface area contributed by atoms with Crippen LogP contribution in [0.25, 0.3) is 0 Å². The molecular formula is C18H17NS. The molecule has 0 bridgehead atoms. The summed E-state index contributed by atoms with van der Waals surface area (Å²) in [6, 6.07) is 20.7. The molecule has 1 heterocycles. The van der Waals surface area contributed by atoms with Crippen molar-refractivity contribution in [1.82, 2.24) is 0 Å². The summed E-state index contributed by atoms with van der Waals surface area (Å²) in [5.41, 5.74) is 2.21. The average molecular weight is 279 g/mol. The molecule has 0 aliphatic carbocycles. The minimum absolute atomic E-state index is 0.0955. The van der Waals surface area contributed by atoms with Crippen LogP contribution in [0.15, 0.2) is 77.1 Å². The lowest BCUT2D eigenvalue weighted by atomic mass is 9.77. The van der Waals surface area contributed by atoms with Gasteiger partial charge in [0.05, 0.1) is 16.1 Å². The summed E-state index contributed by atoms with van der Waals surface area (Å²) in [5, 5.41) is 1.16. The third-order valence-electron chi connectivity index (χ3n) is 3.84. The Bertz CT molecular complexity index is 646. The predicted octanol–water partition coefficient (Wildman–Crippen LogP) is 5.33. The second-order valence-corrected chi connectivity index (χ2v) is 5.99. The van der Waals surface area contributed by atoms with Crippen LogP contribution in [-0.4, -0.2) is 5.04 Å². The Morgan fingerprint density at radius 3 is 2.15 bits per heavy atom. The van der Waals surface area contributed by atoms with Crippen molar-refractivity contribution in [3.8, 4) is 0 Å². The van der Waals surface area contributed by atoms with Crippen LogP contribution in [0.1, 0.15) is 18.9 Å². The molecule has 1 saturated heterocycles. The normalized spacial score (nSPS) is 23.6. The summed E-state index contributed by atoms with van der Waals surface area (Å²) < 4.78 is 0. The highest BCUT2D eigenvalue weighted by molar-refractivity contribution is 8.20. The zero-order chi connectivity index (χ0) is 14.0. The zero-order valence-corrected chi connectivity index (χ0v) is 12.4. The summed E-state index contributed by atoms with van der Waals surface area (Å²) in [6.45, 7) is 6.44. The van der Waals surface area contributed by atoms with Crippen molar-refractivity contribution < 1.29 is 0 Å². The van der Waals surface area contributed by atoms with Crippen molar-refractivity contribution in [2.45, 2.75) is 18.8 Å². The molecule has 1 aliphatic rings. The van der Waals surface area contributed by atoms with Gasteiger partial charge in [-0.15, -0.1) is 0 Å². The molecule has 20 heavy (non-hydrogen) atoms. The summed E-state index contributed by atoms with van der Waals surface area (Å²) in [7, 11) is 0. The molecule has 2 aromatic rings. The zero-order valence-electron chi connectivity index (χ0n) is 11.5. The van der Waals surface area contributed by atoms with E-state index in [1.54, 1.807) is 11.8 Å². The van der Waals surface area contributed by atoms with Gasteiger partial charge in [-0.25, -0.2) is 4.99 Å². The van der Waals surface area contributed by atoms with Gasteiger partial charge in [0.2, 0.25) is 0 Å². The Morgan fingerprint density at radius 2 is 1.60 bits per heavy atom. The van der Waals surface area contributed by atoms with E-state index >= 15 is 0 Å². The van der Waals surface area contributed by atoms with Gasteiger partial charge in [0.25, 0.3) is 0 Å². The minimum atomic E-state index is -0.0955. The highest BCUT2D eigenvalue weighted by atomic mass is 32.2. The number of hydrogen-bond donors (Lipinski definition) is 0. The maximum Gasteiger partial charge on any atom is 0.0938 e. The van der Waals surface area contributed by atoms with Crippen LogP contribution in [0.3, 0.4) is 0 Å². The van der Waals surface area contributed by atoms with Gasteiger partial charge in [-0.3, -0.25) is 0 Å². The fraction of sp³-hybridized carbons (Fsp3) is 0.167. The summed E-state index contributed by atoms with van der Waals surface area (Å²) >= 11 is 1.71. The van der Waals surface area contributed by atoms with Crippen molar-refractivity contribution in [2.75, 3.05) is 0 Å². The fourth-order valence-corrected chi connectivity index (χ4v) is 3.99. The minimum Gasteiger partial charge on any atom is -0.245 e. The fourth-order valence-electron chi connectivity index (χ4n) is 2.66. The van der Waals surface area contributed by atoms with Crippen LogP contribution in [0, 0.1) is 0 Å². The van der Waals surface area contributed by atoms with Gasteiger partial charge in [0.1, 0.15) is 0 Å². The lowest BCUT2D eigenvalue weighted by molar-refractivity contribution is 0.672. The van der Waals surface area contributed by atoms with Gasteiger partial charge in [-0.05, 0) is 24.1 Å².